The van der Waals surface area contributed by atoms with Gasteiger partial charge in [0, 0.05) is 13.2 Å². The maximum Gasteiger partial charge on any atom is 0.360 e. The molecule has 96 valence electrons. The summed E-state index contributed by atoms with van der Waals surface area (Å²) >= 11 is 0. The highest BCUT2D eigenvalue weighted by atomic mass is 16.5. The largest absolute Gasteiger partial charge is 0.461 e. The van der Waals surface area contributed by atoms with Crippen LogP contribution in [0.4, 0.5) is 0 Å². The topological polar surface area (TPSA) is 77.2 Å². The number of hydrogen-bond donors (Lipinski definition) is 1. The molecule has 1 aromatic rings. The molecule has 1 aromatic heterocycles. The monoisotopic (exact) mass is 241 g/mol. The SMILES string of the molecule is CCCc1c(C(=O)OCC)nnn1CCCO. The van der Waals surface area contributed by atoms with Gasteiger partial charge in [-0.25, -0.2) is 9.48 Å². The average molecular weight is 241 g/mol. The van der Waals surface area contributed by atoms with Crippen molar-refractivity contribution in [1.29, 1.82) is 0 Å². The fraction of sp³-hybridized carbons (Fsp3) is 0.727. The molecule has 0 fully saturated rings. The third-order valence-corrected chi connectivity index (χ3v) is 2.32. The molecule has 0 aliphatic carbocycles. The molecule has 17 heavy (non-hydrogen) atoms. The number of hydrogen-bond acceptors (Lipinski definition) is 5. The van der Waals surface area contributed by atoms with Crippen LogP contribution in [-0.4, -0.2) is 39.3 Å². The van der Waals surface area contributed by atoms with Gasteiger partial charge in [-0.2, -0.15) is 0 Å². The van der Waals surface area contributed by atoms with Gasteiger partial charge in [0.25, 0.3) is 0 Å². The summed E-state index contributed by atoms with van der Waals surface area (Å²) in [5.74, 6) is -0.425. The molecule has 0 aliphatic heterocycles. The lowest BCUT2D eigenvalue weighted by Gasteiger charge is -2.05. The summed E-state index contributed by atoms with van der Waals surface area (Å²) in [6, 6.07) is 0. The molecule has 1 rings (SSSR count). The molecule has 0 aromatic carbocycles. The minimum Gasteiger partial charge on any atom is -0.461 e. The van der Waals surface area contributed by atoms with Crippen molar-refractivity contribution in [3.63, 3.8) is 0 Å². The summed E-state index contributed by atoms with van der Waals surface area (Å²) in [6.07, 6.45) is 2.23. The maximum absolute atomic E-state index is 11.6. The molecule has 0 spiro atoms. The van der Waals surface area contributed by atoms with Gasteiger partial charge in [-0.3, -0.25) is 0 Å². The highest BCUT2D eigenvalue weighted by molar-refractivity contribution is 5.88. The zero-order chi connectivity index (χ0) is 12.7. The number of nitrogens with zero attached hydrogens (tertiary/aromatic N) is 3. The minimum atomic E-state index is -0.425. The molecular weight excluding hydrogens is 222 g/mol. The van der Waals surface area contributed by atoms with Gasteiger partial charge < -0.3 is 9.84 Å². The second kappa shape index (κ2) is 7.01. The van der Waals surface area contributed by atoms with E-state index in [9.17, 15) is 4.79 Å². The molecule has 6 heteroatoms. The van der Waals surface area contributed by atoms with Crippen molar-refractivity contribution in [3.05, 3.63) is 11.4 Å². The number of aryl methyl sites for hydroxylation is 1. The molecule has 0 amide bonds. The van der Waals surface area contributed by atoms with Crippen LogP contribution in [0.15, 0.2) is 0 Å². The van der Waals surface area contributed by atoms with Crippen LogP contribution >= 0.6 is 0 Å². The molecule has 1 N–H and O–H groups in total. The van der Waals surface area contributed by atoms with Crippen molar-refractivity contribution in [3.8, 4) is 0 Å². The number of carbonyl (C=O) groups is 1. The van der Waals surface area contributed by atoms with Gasteiger partial charge in [0.05, 0.1) is 12.3 Å². The summed E-state index contributed by atoms with van der Waals surface area (Å²) in [7, 11) is 0. The zero-order valence-electron chi connectivity index (χ0n) is 10.3. The fourth-order valence-corrected chi connectivity index (χ4v) is 1.58. The summed E-state index contributed by atoms with van der Waals surface area (Å²) < 4.78 is 6.60. The molecular formula is C11H19N3O3. The number of ether oxygens (including phenoxy) is 1. The van der Waals surface area contributed by atoms with Crippen LogP contribution in [-0.2, 0) is 17.7 Å². The molecule has 0 saturated heterocycles. The summed E-state index contributed by atoms with van der Waals surface area (Å²) in [5, 5.41) is 16.6. The lowest BCUT2D eigenvalue weighted by molar-refractivity contribution is 0.0518. The van der Waals surface area contributed by atoms with E-state index in [0.29, 0.717) is 25.3 Å². The van der Waals surface area contributed by atoms with Gasteiger partial charge in [0.2, 0.25) is 0 Å². The third kappa shape index (κ3) is 3.52. The molecule has 0 unspecified atom stereocenters. The fourth-order valence-electron chi connectivity index (χ4n) is 1.58. The number of carbonyl (C=O) groups excluding carboxylic acids is 1. The number of aromatic nitrogens is 3. The van der Waals surface area contributed by atoms with Crippen LogP contribution in [0, 0.1) is 0 Å². The Morgan fingerprint density at radius 2 is 2.24 bits per heavy atom. The van der Waals surface area contributed by atoms with Crippen molar-refractivity contribution in [2.75, 3.05) is 13.2 Å². The molecule has 0 radical (unpaired) electrons. The quantitative estimate of drug-likeness (QED) is 0.714. The smallest absolute Gasteiger partial charge is 0.360 e. The average Bonchev–Trinajstić information content (AvgIpc) is 2.70. The number of aliphatic hydroxyl groups is 1. The Morgan fingerprint density at radius 1 is 1.47 bits per heavy atom. The minimum absolute atomic E-state index is 0.0974. The highest BCUT2D eigenvalue weighted by Gasteiger charge is 2.19. The Morgan fingerprint density at radius 3 is 2.82 bits per heavy atom. The summed E-state index contributed by atoms with van der Waals surface area (Å²) in [5.41, 5.74) is 1.09. The van der Waals surface area contributed by atoms with Gasteiger partial charge in [0.15, 0.2) is 5.69 Å². The van der Waals surface area contributed by atoms with E-state index in [2.05, 4.69) is 10.3 Å². The van der Waals surface area contributed by atoms with E-state index >= 15 is 0 Å². The first-order chi connectivity index (χ1) is 8.24. The Bertz CT molecular complexity index is 363. The zero-order valence-corrected chi connectivity index (χ0v) is 10.3. The Labute approximate surface area is 101 Å². The van der Waals surface area contributed by atoms with Gasteiger partial charge in [0.1, 0.15) is 0 Å². The lowest BCUT2D eigenvalue weighted by Crippen LogP contribution is -2.11. The predicted molar refractivity (Wildman–Crippen MR) is 61.7 cm³/mol. The molecule has 0 atom stereocenters. The predicted octanol–water partition coefficient (Wildman–Crippen LogP) is 0.790. The van der Waals surface area contributed by atoms with Crippen molar-refractivity contribution < 1.29 is 14.6 Å². The van der Waals surface area contributed by atoms with E-state index in [1.165, 1.54) is 0 Å². The van der Waals surface area contributed by atoms with Gasteiger partial charge in [-0.15, -0.1) is 5.10 Å². The van der Waals surface area contributed by atoms with Crippen molar-refractivity contribution in [2.45, 2.75) is 39.7 Å². The van der Waals surface area contributed by atoms with Crippen LogP contribution in [0.5, 0.6) is 0 Å². The molecule has 0 aliphatic rings. The van der Waals surface area contributed by atoms with Crippen LogP contribution in [0.25, 0.3) is 0 Å². The highest BCUT2D eigenvalue weighted by Crippen LogP contribution is 2.10. The second-order valence-corrected chi connectivity index (χ2v) is 3.66. The van der Waals surface area contributed by atoms with E-state index in [4.69, 9.17) is 9.84 Å². The van der Waals surface area contributed by atoms with Gasteiger partial charge in [-0.1, -0.05) is 18.6 Å². The van der Waals surface area contributed by atoms with E-state index in [1.54, 1.807) is 11.6 Å². The normalized spacial score (nSPS) is 10.5. The van der Waals surface area contributed by atoms with E-state index in [0.717, 1.165) is 18.5 Å². The first-order valence-corrected chi connectivity index (χ1v) is 5.94. The van der Waals surface area contributed by atoms with E-state index in [1.807, 2.05) is 6.92 Å². The maximum atomic E-state index is 11.6. The number of rotatable bonds is 7. The molecule has 0 saturated carbocycles. The summed E-state index contributed by atoms with van der Waals surface area (Å²) in [6.45, 7) is 4.78. The molecule has 0 bridgehead atoms. The Balaban J connectivity index is 2.88. The van der Waals surface area contributed by atoms with Crippen molar-refractivity contribution >= 4 is 5.97 Å². The van der Waals surface area contributed by atoms with Gasteiger partial charge >= 0.3 is 5.97 Å². The van der Waals surface area contributed by atoms with Crippen molar-refractivity contribution in [2.24, 2.45) is 0 Å². The standard InChI is InChI=1S/C11H19N3O3/c1-3-6-9-10(11(16)17-4-2)12-13-14(9)7-5-8-15/h15H,3-8H2,1-2H3. The van der Waals surface area contributed by atoms with E-state index < -0.39 is 5.97 Å². The third-order valence-electron chi connectivity index (χ3n) is 2.32. The first kappa shape index (κ1) is 13.6. The Hall–Kier alpha value is -1.43. The van der Waals surface area contributed by atoms with Gasteiger partial charge in [-0.05, 0) is 19.8 Å². The van der Waals surface area contributed by atoms with Crippen LogP contribution in [0.1, 0.15) is 42.9 Å². The Kier molecular flexibility index (Phi) is 5.62. The first-order valence-electron chi connectivity index (χ1n) is 5.94. The molecule has 1 heterocycles. The number of esters is 1. The van der Waals surface area contributed by atoms with E-state index in [-0.39, 0.29) is 6.61 Å². The van der Waals surface area contributed by atoms with Crippen molar-refractivity contribution in [1.82, 2.24) is 15.0 Å². The van der Waals surface area contributed by atoms with Crippen LogP contribution in [0.3, 0.4) is 0 Å². The number of aliphatic hydroxyl groups excluding tert-OH is 1. The lowest BCUT2D eigenvalue weighted by atomic mass is 10.2. The van der Waals surface area contributed by atoms with Crippen LogP contribution < -0.4 is 0 Å². The second-order valence-electron chi connectivity index (χ2n) is 3.66. The van der Waals surface area contributed by atoms with Crippen LogP contribution in [0.2, 0.25) is 0 Å². The molecule has 6 nitrogen and oxygen atoms in total. The summed E-state index contributed by atoms with van der Waals surface area (Å²) in [4.78, 5) is 11.6.